The lowest BCUT2D eigenvalue weighted by Gasteiger charge is -2.15. The number of ether oxygens (including phenoxy) is 2. The predicted molar refractivity (Wildman–Crippen MR) is 107 cm³/mol. The van der Waals surface area contributed by atoms with E-state index in [1.807, 2.05) is 24.3 Å². The van der Waals surface area contributed by atoms with Crippen LogP contribution in [0.5, 0.6) is 11.6 Å². The molecule has 1 aliphatic carbocycles. The van der Waals surface area contributed by atoms with Crippen LogP contribution in [0, 0.1) is 11.3 Å². The summed E-state index contributed by atoms with van der Waals surface area (Å²) in [6.07, 6.45) is 6.78. The van der Waals surface area contributed by atoms with Crippen LogP contribution in [0.3, 0.4) is 0 Å². The standard InChI is InChI=1S/C23H19N3O2/c1-27-22-7-6-20(12-19(15-24)16-8-10-25-11-9-16)26-23(22)28-21-13-17-4-2-3-5-18(17)14-21/h2-12,21H,13-14H2,1H3. The summed E-state index contributed by atoms with van der Waals surface area (Å²) in [6.45, 7) is 0. The number of benzene rings is 1. The molecule has 0 N–H and O–H groups in total. The Hall–Kier alpha value is -3.65. The number of hydrogen-bond acceptors (Lipinski definition) is 5. The molecule has 4 rings (SSSR count). The smallest absolute Gasteiger partial charge is 0.257 e. The maximum absolute atomic E-state index is 9.52. The van der Waals surface area contributed by atoms with Crippen molar-refractivity contribution in [1.82, 2.24) is 9.97 Å². The molecule has 138 valence electrons. The first-order chi connectivity index (χ1) is 13.8. The molecule has 2 aromatic heterocycles. The molecule has 5 nitrogen and oxygen atoms in total. The Labute approximate surface area is 163 Å². The molecule has 0 unspecified atom stereocenters. The minimum atomic E-state index is 0.0219. The van der Waals surface area contributed by atoms with Crippen LogP contribution >= 0.6 is 0 Å². The van der Waals surface area contributed by atoms with Crippen molar-refractivity contribution >= 4 is 11.6 Å². The van der Waals surface area contributed by atoms with E-state index in [9.17, 15) is 5.26 Å². The van der Waals surface area contributed by atoms with Crippen LogP contribution in [0.4, 0.5) is 0 Å². The van der Waals surface area contributed by atoms with Gasteiger partial charge in [-0.15, -0.1) is 0 Å². The van der Waals surface area contributed by atoms with Crippen LogP contribution in [0.25, 0.3) is 11.6 Å². The molecule has 0 spiro atoms. The molecule has 0 bridgehead atoms. The molecule has 0 aliphatic heterocycles. The summed E-state index contributed by atoms with van der Waals surface area (Å²) in [4.78, 5) is 8.58. The highest BCUT2D eigenvalue weighted by Gasteiger charge is 2.24. The van der Waals surface area contributed by atoms with Crippen LogP contribution in [0.1, 0.15) is 22.4 Å². The Morgan fingerprint density at radius 1 is 1.07 bits per heavy atom. The number of methoxy groups -OCH3 is 1. The number of hydrogen-bond donors (Lipinski definition) is 0. The number of nitrogens with zero attached hydrogens (tertiary/aromatic N) is 3. The van der Waals surface area contributed by atoms with Crippen molar-refractivity contribution in [2.45, 2.75) is 18.9 Å². The first-order valence-electron chi connectivity index (χ1n) is 9.07. The Kier molecular flexibility index (Phi) is 5.03. The zero-order chi connectivity index (χ0) is 19.3. The fraction of sp³-hybridized carbons (Fsp3) is 0.174. The van der Waals surface area contributed by atoms with E-state index in [0.29, 0.717) is 22.9 Å². The SMILES string of the molecule is COc1ccc(C=C(C#N)c2ccncc2)nc1OC1Cc2ccccc2C1. The van der Waals surface area contributed by atoms with Gasteiger partial charge in [-0.05, 0) is 47.0 Å². The number of nitriles is 1. The van der Waals surface area contributed by atoms with Crippen LogP contribution in [0.15, 0.2) is 60.9 Å². The van der Waals surface area contributed by atoms with Gasteiger partial charge in [0.05, 0.1) is 24.4 Å². The molecular formula is C23H19N3O2. The van der Waals surface area contributed by atoms with Crippen molar-refractivity contribution in [2.24, 2.45) is 0 Å². The number of pyridine rings is 2. The fourth-order valence-corrected chi connectivity index (χ4v) is 3.38. The first kappa shape index (κ1) is 17.7. The molecule has 0 radical (unpaired) electrons. The largest absolute Gasteiger partial charge is 0.491 e. The number of aromatic nitrogens is 2. The summed E-state index contributed by atoms with van der Waals surface area (Å²) < 4.78 is 11.6. The van der Waals surface area contributed by atoms with E-state index in [2.05, 4.69) is 28.2 Å². The maximum Gasteiger partial charge on any atom is 0.257 e. The van der Waals surface area contributed by atoms with Crippen LogP contribution in [0.2, 0.25) is 0 Å². The van der Waals surface area contributed by atoms with Crippen molar-refractivity contribution in [3.63, 3.8) is 0 Å². The van der Waals surface area contributed by atoms with Gasteiger partial charge < -0.3 is 9.47 Å². The fourth-order valence-electron chi connectivity index (χ4n) is 3.38. The van der Waals surface area contributed by atoms with Gasteiger partial charge in [0.15, 0.2) is 5.75 Å². The number of fused-ring (bicyclic) bond motifs is 1. The normalized spacial score (nSPS) is 13.6. The second-order valence-electron chi connectivity index (χ2n) is 6.57. The molecule has 1 aromatic carbocycles. The molecule has 0 fully saturated rings. The van der Waals surface area contributed by atoms with E-state index >= 15 is 0 Å². The third-order valence-electron chi connectivity index (χ3n) is 4.76. The third-order valence-corrected chi connectivity index (χ3v) is 4.76. The van der Waals surface area contributed by atoms with Crippen molar-refractivity contribution in [3.05, 3.63) is 83.3 Å². The summed E-state index contributed by atoms with van der Waals surface area (Å²) in [7, 11) is 1.60. The zero-order valence-electron chi connectivity index (χ0n) is 15.5. The highest BCUT2D eigenvalue weighted by Crippen LogP contribution is 2.31. The topological polar surface area (TPSA) is 68.0 Å². The van der Waals surface area contributed by atoms with E-state index in [0.717, 1.165) is 18.4 Å². The van der Waals surface area contributed by atoms with Gasteiger partial charge in [-0.25, -0.2) is 4.98 Å². The molecule has 0 saturated carbocycles. The van der Waals surface area contributed by atoms with Crippen molar-refractivity contribution in [2.75, 3.05) is 7.11 Å². The van der Waals surface area contributed by atoms with Crippen molar-refractivity contribution < 1.29 is 9.47 Å². The Bertz CT molecular complexity index is 1030. The summed E-state index contributed by atoms with van der Waals surface area (Å²) >= 11 is 0. The van der Waals surface area contributed by atoms with Gasteiger partial charge in [0.1, 0.15) is 6.10 Å². The lowest BCUT2D eigenvalue weighted by molar-refractivity contribution is 0.195. The highest BCUT2D eigenvalue weighted by atomic mass is 16.5. The lowest BCUT2D eigenvalue weighted by atomic mass is 10.1. The van der Waals surface area contributed by atoms with Crippen molar-refractivity contribution in [1.29, 1.82) is 5.26 Å². The first-order valence-corrected chi connectivity index (χ1v) is 9.07. The lowest BCUT2D eigenvalue weighted by Crippen LogP contribution is -2.17. The molecule has 0 saturated heterocycles. The maximum atomic E-state index is 9.52. The Balaban J connectivity index is 1.60. The van der Waals surface area contributed by atoms with Gasteiger partial charge >= 0.3 is 0 Å². The molecule has 0 atom stereocenters. The molecule has 28 heavy (non-hydrogen) atoms. The molecular weight excluding hydrogens is 350 g/mol. The van der Waals surface area contributed by atoms with Crippen molar-refractivity contribution in [3.8, 4) is 17.7 Å². The van der Waals surface area contributed by atoms with Crippen LogP contribution in [-0.4, -0.2) is 23.2 Å². The summed E-state index contributed by atoms with van der Waals surface area (Å²) in [5.74, 6) is 1.02. The quantitative estimate of drug-likeness (QED) is 0.634. The minimum Gasteiger partial charge on any atom is -0.491 e. The third kappa shape index (κ3) is 3.72. The number of rotatable bonds is 5. The minimum absolute atomic E-state index is 0.0219. The molecule has 2 heterocycles. The zero-order valence-corrected chi connectivity index (χ0v) is 15.5. The Morgan fingerprint density at radius 2 is 1.79 bits per heavy atom. The molecule has 5 heteroatoms. The molecule has 3 aromatic rings. The van der Waals surface area contributed by atoms with Gasteiger partial charge in [0.2, 0.25) is 0 Å². The van der Waals surface area contributed by atoms with Crippen LogP contribution < -0.4 is 9.47 Å². The summed E-state index contributed by atoms with van der Waals surface area (Å²) in [5.41, 5.74) is 4.57. The second-order valence-corrected chi connectivity index (χ2v) is 6.57. The summed E-state index contributed by atoms with van der Waals surface area (Å²) in [5, 5.41) is 9.52. The summed E-state index contributed by atoms with van der Waals surface area (Å²) in [6, 6.07) is 17.8. The van der Waals surface area contributed by atoms with Gasteiger partial charge in [-0.3, -0.25) is 4.98 Å². The van der Waals surface area contributed by atoms with E-state index < -0.39 is 0 Å². The van der Waals surface area contributed by atoms with Gasteiger partial charge in [0, 0.05) is 25.2 Å². The Morgan fingerprint density at radius 3 is 2.43 bits per heavy atom. The van der Waals surface area contributed by atoms with E-state index in [1.54, 1.807) is 37.7 Å². The highest BCUT2D eigenvalue weighted by molar-refractivity contribution is 5.88. The van der Waals surface area contributed by atoms with E-state index in [1.165, 1.54) is 11.1 Å². The van der Waals surface area contributed by atoms with Gasteiger partial charge in [-0.1, -0.05) is 24.3 Å². The average Bonchev–Trinajstić information content (AvgIpc) is 3.15. The van der Waals surface area contributed by atoms with Gasteiger partial charge in [-0.2, -0.15) is 5.26 Å². The van der Waals surface area contributed by atoms with Gasteiger partial charge in [0.25, 0.3) is 5.88 Å². The number of allylic oxidation sites excluding steroid dienone is 1. The average molecular weight is 369 g/mol. The van der Waals surface area contributed by atoms with Crippen LogP contribution in [-0.2, 0) is 12.8 Å². The molecule has 0 amide bonds. The molecule has 1 aliphatic rings. The second kappa shape index (κ2) is 7.93. The van der Waals surface area contributed by atoms with E-state index in [4.69, 9.17) is 9.47 Å². The predicted octanol–water partition coefficient (Wildman–Crippen LogP) is 4.10. The van der Waals surface area contributed by atoms with E-state index in [-0.39, 0.29) is 6.10 Å². The monoisotopic (exact) mass is 369 g/mol.